The summed E-state index contributed by atoms with van der Waals surface area (Å²) in [5.41, 5.74) is 1.31. The number of aryl methyl sites for hydroxylation is 1. The summed E-state index contributed by atoms with van der Waals surface area (Å²) in [6, 6.07) is 10.4. The van der Waals surface area contributed by atoms with E-state index >= 15 is 0 Å². The molecule has 0 spiro atoms. The molecular formula is C16H25NOS. The van der Waals surface area contributed by atoms with E-state index in [-0.39, 0.29) is 6.10 Å². The highest BCUT2D eigenvalue weighted by Crippen LogP contribution is 2.28. The number of hydrogen-bond acceptors (Lipinski definition) is 3. The monoisotopic (exact) mass is 279 g/mol. The molecule has 1 aromatic carbocycles. The summed E-state index contributed by atoms with van der Waals surface area (Å²) in [6.07, 6.45) is 5.59. The number of hydrogen-bond donors (Lipinski definition) is 2. The van der Waals surface area contributed by atoms with Gasteiger partial charge in [-0.05, 0) is 50.0 Å². The molecule has 2 unspecified atom stereocenters. The lowest BCUT2D eigenvalue weighted by Crippen LogP contribution is -2.29. The van der Waals surface area contributed by atoms with Crippen molar-refractivity contribution in [3.63, 3.8) is 0 Å². The SMILES string of the molecule is OC(CCc1ccccc1)CNCCC1CCCS1. The fraction of sp³-hybridized carbons (Fsp3) is 0.625. The molecule has 106 valence electrons. The molecule has 1 fully saturated rings. The van der Waals surface area contributed by atoms with Crippen LogP contribution < -0.4 is 5.32 Å². The Morgan fingerprint density at radius 2 is 2.16 bits per heavy atom. The highest BCUT2D eigenvalue weighted by Gasteiger charge is 2.14. The first-order chi connectivity index (χ1) is 9.34. The van der Waals surface area contributed by atoms with Gasteiger partial charge in [-0.25, -0.2) is 0 Å². The van der Waals surface area contributed by atoms with E-state index in [1.165, 1.54) is 30.6 Å². The maximum atomic E-state index is 9.93. The highest BCUT2D eigenvalue weighted by molar-refractivity contribution is 8.00. The van der Waals surface area contributed by atoms with E-state index in [9.17, 15) is 5.11 Å². The second-order valence-corrected chi connectivity index (χ2v) is 6.71. The fourth-order valence-corrected chi connectivity index (χ4v) is 3.77. The van der Waals surface area contributed by atoms with Crippen molar-refractivity contribution in [3.8, 4) is 0 Å². The van der Waals surface area contributed by atoms with Crippen LogP contribution in [0.15, 0.2) is 30.3 Å². The molecule has 0 aliphatic carbocycles. The van der Waals surface area contributed by atoms with Gasteiger partial charge in [0.2, 0.25) is 0 Å². The van der Waals surface area contributed by atoms with Crippen LogP contribution in [0.1, 0.15) is 31.2 Å². The lowest BCUT2D eigenvalue weighted by molar-refractivity contribution is 0.162. The molecule has 0 saturated carbocycles. The van der Waals surface area contributed by atoms with Gasteiger partial charge < -0.3 is 10.4 Å². The molecule has 1 aliphatic heterocycles. The van der Waals surface area contributed by atoms with Crippen molar-refractivity contribution in [2.75, 3.05) is 18.8 Å². The molecule has 1 aliphatic rings. The van der Waals surface area contributed by atoms with Crippen molar-refractivity contribution < 1.29 is 5.11 Å². The van der Waals surface area contributed by atoms with Crippen molar-refractivity contribution in [1.29, 1.82) is 0 Å². The first kappa shape index (κ1) is 14.9. The van der Waals surface area contributed by atoms with E-state index in [4.69, 9.17) is 0 Å². The molecule has 2 nitrogen and oxygen atoms in total. The van der Waals surface area contributed by atoms with Gasteiger partial charge in [-0.1, -0.05) is 30.3 Å². The van der Waals surface area contributed by atoms with E-state index in [2.05, 4.69) is 41.3 Å². The standard InChI is InChI=1S/C16H25NOS/c18-15(9-8-14-5-2-1-3-6-14)13-17-11-10-16-7-4-12-19-16/h1-3,5-6,15-18H,4,7-13H2. The predicted molar refractivity (Wildman–Crippen MR) is 83.7 cm³/mol. The largest absolute Gasteiger partial charge is 0.392 e. The molecule has 1 saturated heterocycles. The van der Waals surface area contributed by atoms with Crippen LogP contribution in [0.3, 0.4) is 0 Å². The van der Waals surface area contributed by atoms with Crippen LogP contribution in [-0.2, 0) is 6.42 Å². The molecule has 2 atom stereocenters. The summed E-state index contributed by atoms with van der Waals surface area (Å²) in [5, 5.41) is 14.2. The Hall–Kier alpha value is -0.510. The van der Waals surface area contributed by atoms with E-state index in [1.54, 1.807) is 0 Å². The molecule has 1 aromatic rings. The van der Waals surface area contributed by atoms with E-state index in [1.807, 2.05) is 6.07 Å². The van der Waals surface area contributed by atoms with Crippen molar-refractivity contribution in [1.82, 2.24) is 5.32 Å². The zero-order valence-electron chi connectivity index (χ0n) is 11.6. The average Bonchev–Trinajstić information content (AvgIpc) is 2.96. The Morgan fingerprint density at radius 1 is 1.32 bits per heavy atom. The second-order valence-electron chi connectivity index (χ2n) is 5.31. The minimum Gasteiger partial charge on any atom is -0.392 e. The van der Waals surface area contributed by atoms with E-state index in [0.29, 0.717) is 0 Å². The average molecular weight is 279 g/mol. The van der Waals surface area contributed by atoms with Crippen LogP contribution in [0.2, 0.25) is 0 Å². The smallest absolute Gasteiger partial charge is 0.0667 e. The fourth-order valence-electron chi connectivity index (χ4n) is 2.48. The number of rotatable bonds is 8. The maximum Gasteiger partial charge on any atom is 0.0667 e. The molecule has 0 aromatic heterocycles. The van der Waals surface area contributed by atoms with Crippen LogP contribution in [0.5, 0.6) is 0 Å². The second kappa shape index (κ2) is 8.62. The van der Waals surface area contributed by atoms with Crippen molar-refractivity contribution >= 4 is 11.8 Å². The Morgan fingerprint density at radius 3 is 2.89 bits per heavy atom. The first-order valence-corrected chi connectivity index (χ1v) is 8.44. The van der Waals surface area contributed by atoms with Crippen LogP contribution in [0, 0.1) is 0 Å². The molecule has 0 radical (unpaired) electrons. The maximum absolute atomic E-state index is 9.93. The van der Waals surface area contributed by atoms with Gasteiger partial charge in [0, 0.05) is 11.8 Å². The summed E-state index contributed by atoms with van der Waals surface area (Å²) in [5.74, 6) is 1.34. The topological polar surface area (TPSA) is 32.3 Å². The van der Waals surface area contributed by atoms with Gasteiger partial charge in [0.05, 0.1) is 6.10 Å². The molecule has 3 heteroatoms. The quantitative estimate of drug-likeness (QED) is 0.718. The van der Waals surface area contributed by atoms with Gasteiger partial charge in [0.15, 0.2) is 0 Å². The molecule has 1 heterocycles. The third-order valence-corrected chi connectivity index (χ3v) is 5.12. The lowest BCUT2D eigenvalue weighted by Gasteiger charge is -2.13. The van der Waals surface area contributed by atoms with Gasteiger partial charge >= 0.3 is 0 Å². The van der Waals surface area contributed by atoms with Gasteiger partial charge in [0.25, 0.3) is 0 Å². The molecular weight excluding hydrogens is 254 g/mol. The van der Waals surface area contributed by atoms with Gasteiger partial charge in [-0.15, -0.1) is 0 Å². The zero-order valence-corrected chi connectivity index (χ0v) is 12.4. The van der Waals surface area contributed by atoms with Crippen LogP contribution in [0.25, 0.3) is 0 Å². The van der Waals surface area contributed by atoms with Crippen LogP contribution >= 0.6 is 11.8 Å². The number of thioether (sulfide) groups is 1. The summed E-state index contributed by atoms with van der Waals surface area (Å²) in [4.78, 5) is 0. The molecule has 2 rings (SSSR count). The first-order valence-electron chi connectivity index (χ1n) is 7.39. The number of aliphatic hydroxyl groups is 1. The summed E-state index contributed by atoms with van der Waals surface area (Å²) < 4.78 is 0. The Kier molecular flexibility index (Phi) is 6.75. The molecule has 19 heavy (non-hydrogen) atoms. The summed E-state index contributed by atoms with van der Waals surface area (Å²) in [6.45, 7) is 1.77. The number of nitrogens with one attached hydrogen (secondary N) is 1. The Bertz CT molecular complexity index is 338. The summed E-state index contributed by atoms with van der Waals surface area (Å²) in [7, 11) is 0. The highest BCUT2D eigenvalue weighted by atomic mass is 32.2. The summed E-state index contributed by atoms with van der Waals surface area (Å²) >= 11 is 2.11. The normalized spacial score (nSPS) is 20.6. The van der Waals surface area contributed by atoms with Gasteiger partial charge in [-0.3, -0.25) is 0 Å². The van der Waals surface area contributed by atoms with Crippen LogP contribution in [-0.4, -0.2) is 35.3 Å². The molecule has 0 amide bonds. The minimum absolute atomic E-state index is 0.226. The van der Waals surface area contributed by atoms with Crippen molar-refractivity contribution in [2.45, 2.75) is 43.5 Å². The molecule has 2 N–H and O–H groups in total. The van der Waals surface area contributed by atoms with Crippen molar-refractivity contribution in [2.24, 2.45) is 0 Å². The minimum atomic E-state index is -0.226. The van der Waals surface area contributed by atoms with Gasteiger partial charge in [0.1, 0.15) is 0 Å². The number of benzene rings is 1. The Labute approximate surface area is 121 Å². The number of aliphatic hydroxyl groups excluding tert-OH is 1. The third-order valence-electron chi connectivity index (χ3n) is 3.66. The zero-order chi connectivity index (χ0) is 13.3. The van der Waals surface area contributed by atoms with Crippen molar-refractivity contribution in [3.05, 3.63) is 35.9 Å². The lowest BCUT2D eigenvalue weighted by atomic mass is 10.1. The van der Waals surface area contributed by atoms with E-state index < -0.39 is 0 Å². The van der Waals surface area contributed by atoms with Crippen LogP contribution in [0.4, 0.5) is 0 Å². The molecule has 0 bridgehead atoms. The van der Waals surface area contributed by atoms with E-state index in [0.717, 1.165) is 31.2 Å². The Balaban J connectivity index is 1.51. The third kappa shape index (κ3) is 5.98. The van der Waals surface area contributed by atoms with Gasteiger partial charge in [-0.2, -0.15) is 11.8 Å². The predicted octanol–water partition coefficient (Wildman–Crippen LogP) is 2.86.